The molecule has 0 unspecified atom stereocenters. The Morgan fingerprint density at radius 2 is 2.00 bits per heavy atom. The normalized spacial score (nSPS) is 10.7. The number of nitrogens with zero attached hydrogens (tertiary/aromatic N) is 2. The van der Waals surface area contributed by atoms with E-state index in [1.165, 1.54) is 24.1 Å². The highest BCUT2D eigenvalue weighted by Gasteiger charge is 2.19. The lowest BCUT2D eigenvalue weighted by Gasteiger charge is -2.16. The zero-order chi connectivity index (χ0) is 18.0. The first-order chi connectivity index (χ1) is 11.9. The molecular formula is C18H13ClF2N2O2. The lowest BCUT2D eigenvalue weighted by atomic mass is 10.1. The Balaban J connectivity index is 1.76. The third-order valence-corrected chi connectivity index (χ3v) is 3.84. The molecule has 0 fully saturated rings. The number of benzene rings is 2. The third kappa shape index (κ3) is 3.85. The first-order valence-electron chi connectivity index (χ1n) is 7.36. The standard InChI is InChI=1S/C18H13ClF2N2O2/c1-23(10-12-5-6-14(20)8-15(12)21)18(24)16-9-17(25-22-16)11-3-2-4-13(19)7-11/h2-9H,10H2,1H3. The number of halogens is 3. The van der Waals surface area contributed by atoms with Crippen molar-refractivity contribution in [3.8, 4) is 11.3 Å². The molecule has 0 aliphatic heterocycles. The van der Waals surface area contributed by atoms with E-state index in [-0.39, 0.29) is 17.8 Å². The second-order valence-electron chi connectivity index (χ2n) is 5.48. The van der Waals surface area contributed by atoms with Gasteiger partial charge in [-0.05, 0) is 18.2 Å². The monoisotopic (exact) mass is 362 g/mol. The fourth-order valence-electron chi connectivity index (χ4n) is 2.33. The highest BCUT2D eigenvalue weighted by Crippen LogP contribution is 2.24. The van der Waals surface area contributed by atoms with Crippen LogP contribution in [-0.2, 0) is 6.54 Å². The molecule has 1 heterocycles. The van der Waals surface area contributed by atoms with Gasteiger partial charge in [0, 0.05) is 41.9 Å². The molecule has 0 aliphatic rings. The lowest BCUT2D eigenvalue weighted by molar-refractivity contribution is 0.0773. The van der Waals surface area contributed by atoms with E-state index in [2.05, 4.69) is 5.16 Å². The summed E-state index contributed by atoms with van der Waals surface area (Å²) in [6.45, 7) is -0.0235. The Hall–Kier alpha value is -2.73. The fraction of sp³-hybridized carbons (Fsp3) is 0.111. The van der Waals surface area contributed by atoms with Crippen LogP contribution in [0.4, 0.5) is 8.78 Å². The van der Waals surface area contributed by atoms with Crippen molar-refractivity contribution in [3.63, 3.8) is 0 Å². The van der Waals surface area contributed by atoms with Crippen molar-refractivity contribution in [1.29, 1.82) is 0 Å². The molecule has 0 aliphatic carbocycles. The van der Waals surface area contributed by atoms with Crippen molar-refractivity contribution < 1.29 is 18.1 Å². The van der Waals surface area contributed by atoms with Crippen molar-refractivity contribution in [2.75, 3.05) is 7.05 Å². The maximum atomic E-state index is 13.7. The summed E-state index contributed by atoms with van der Waals surface area (Å²) in [5.41, 5.74) is 0.974. The molecule has 0 saturated carbocycles. The zero-order valence-electron chi connectivity index (χ0n) is 13.2. The molecule has 3 aromatic rings. The number of carbonyl (C=O) groups excluding carboxylic acids is 1. The van der Waals surface area contributed by atoms with E-state index < -0.39 is 17.5 Å². The van der Waals surface area contributed by atoms with Crippen LogP contribution in [-0.4, -0.2) is 23.0 Å². The molecule has 1 amide bonds. The summed E-state index contributed by atoms with van der Waals surface area (Å²) in [4.78, 5) is 13.7. The number of amides is 1. The van der Waals surface area contributed by atoms with Crippen molar-refractivity contribution in [3.05, 3.63) is 76.4 Å². The summed E-state index contributed by atoms with van der Waals surface area (Å²) in [6, 6.07) is 11.7. The quantitative estimate of drug-likeness (QED) is 0.684. The molecular weight excluding hydrogens is 350 g/mol. The lowest BCUT2D eigenvalue weighted by Crippen LogP contribution is -2.26. The molecule has 0 N–H and O–H groups in total. The summed E-state index contributed by atoms with van der Waals surface area (Å²) in [5, 5.41) is 4.29. The molecule has 7 heteroatoms. The maximum absolute atomic E-state index is 13.7. The van der Waals surface area contributed by atoms with E-state index in [0.29, 0.717) is 16.3 Å². The smallest absolute Gasteiger partial charge is 0.276 e. The average molecular weight is 363 g/mol. The molecule has 0 spiro atoms. The predicted octanol–water partition coefficient (Wildman–Crippen LogP) is 4.55. The summed E-state index contributed by atoms with van der Waals surface area (Å²) in [6.07, 6.45) is 0. The Labute approximate surface area is 147 Å². The third-order valence-electron chi connectivity index (χ3n) is 3.61. The number of aromatic nitrogens is 1. The largest absolute Gasteiger partial charge is 0.355 e. The summed E-state index contributed by atoms with van der Waals surface area (Å²) >= 11 is 5.93. The van der Waals surface area contributed by atoms with Crippen molar-refractivity contribution in [2.24, 2.45) is 0 Å². The van der Waals surface area contributed by atoms with Crippen LogP contribution in [0.2, 0.25) is 5.02 Å². The van der Waals surface area contributed by atoms with Crippen molar-refractivity contribution >= 4 is 17.5 Å². The van der Waals surface area contributed by atoms with Crippen LogP contribution >= 0.6 is 11.6 Å². The molecule has 0 atom stereocenters. The van der Waals surface area contributed by atoms with E-state index in [1.54, 1.807) is 24.3 Å². The van der Waals surface area contributed by atoms with Crippen LogP contribution in [0.15, 0.2) is 53.1 Å². The zero-order valence-corrected chi connectivity index (χ0v) is 13.9. The molecule has 1 aromatic heterocycles. The summed E-state index contributed by atoms with van der Waals surface area (Å²) in [5.74, 6) is -1.43. The van der Waals surface area contributed by atoms with Gasteiger partial charge < -0.3 is 9.42 Å². The maximum Gasteiger partial charge on any atom is 0.276 e. The van der Waals surface area contributed by atoms with Crippen LogP contribution in [0.5, 0.6) is 0 Å². The minimum Gasteiger partial charge on any atom is -0.355 e. The van der Waals surface area contributed by atoms with E-state index in [1.807, 2.05) is 0 Å². The van der Waals surface area contributed by atoms with Gasteiger partial charge in [0.05, 0.1) is 0 Å². The predicted molar refractivity (Wildman–Crippen MR) is 89.1 cm³/mol. The first kappa shape index (κ1) is 17.1. The minimum atomic E-state index is -0.709. The Bertz CT molecular complexity index is 927. The van der Waals surface area contributed by atoms with Gasteiger partial charge in [0.1, 0.15) is 11.6 Å². The molecule has 3 rings (SSSR count). The van der Waals surface area contributed by atoms with Gasteiger partial charge in [0.2, 0.25) is 0 Å². The van der Waals surface area contributed by atoms with E-state index >= 15 is 0 Å². The molecule has 25 heavy (non-hydrogen) atoms. The van der Waals surface area contributed by atoms with Gasteiger partial charge in [0.15, 0.2) is 11.5 Å². The van der Waals surface area contributed by atoms with Crippen LogP contribution in [0, 0.1) is 11.6 Å². The molecule has 0 bridgehead atoms. The number of hydrogen-bond donors (Lipinski definition) is 0. The number of hydrogen-bond acceptors (Lipinski definition) is 3. The number of carbonyl (C=O) groups is 1. The first-order valence-corrected chi connectivity index (χ1v) is 7.74. The van der Waals surface area contributed by atoms with Crippen LogP contribution < -0.4 is 0 Å². The highest BCUT2D eigenvalue weighted by molar-refractivity contribution is 6.30. The van der Waals surface area contributed by atoms with Crippen LogP contribution in [0.3, 0.4) is 0 Å². The topological polar surface area (TPSA) is 46.3 Å². The molecule has 128 valence electrons. The second-order valence-corrected chi connectivity index (χ2v) is 5.92. The Morgan fingerprint density at radius 3 is 2.72 bits per heavy atom. The van der Waals surface area contributed by atoms with Crippen LogP contribution in [0.1, 0.15) is 16.1 Å². The van der Waals surface area contributed by atoms with Gasteiger partial charge in [0.25, 0.3) is 5.91 Å². The average Bonchev–Trinajstić information content (AvgIpc) is 3.06. The fourth-order valence-corrected chi connectivity index (χ4v) is 2.52. The van der Waals surface area contributed by atoms with Crippen molar-refractivity contribution in [1.82, 2.24) is 10.1 Å². The SMILES string of the molecule is CN(Cc1ccc(F)cc1F)C(=O)c1cc(-c2cccc(Cl)c2)on1. The van der Waals surface area contributed by atoms with Gasteiger partial charge in [-0.1, -0.05) is 35.0 Å². The number of rotatable bonds is 4. The van der Waals surface area contributed by atoms with Gasteiger partial charge in [-0.2, -0.15) is 0 Å². The molecule has 0 radical (unpaired) electrons. The van der Waals surface area contributed by atoms with Gasteiger partial charge in [-0.25, -0.2) is 8.78 Å². The highest BCUT2D eigenvalue weighted by atomic mass is 35.5. The Morgan fingerprint density at radius 1 is 1.20 bits per heavy atom. The van der Waals surface area contributed by atoms with Crippen molar-refractivity contribution in [2.45, 2.75) is 6.54 Å². The van der Waals surface area contributed by atoms with Gasteiger partial charge >= 0.3 is 0 Å². The minimum absolute atomic E-state index is 0.0235. The molecule has 2 aromatic carbocycles. The van der Waals surface area contributed by atoms with Gasteiger partial charge in [-0.3, -0.25) is 4.79 Å². The van der Waals surface area contributed by atoms with E-state index in [9.17, 15) is 13.6 Å². The Kier molecular flexibility index (Phi) is 4.81. The van der Waals surface area contributed by atoms with Gasteiger partial charge in [-0.15, -0.1) is 0 Å². The van der Waals surface area contributed by atoms with Crippen LogP contribution in [0.25, 0.3) is 11.3 Å². The molecule has 0 saturated heterocycles. The molecule has 4 nitrogen and oxygen atoms in total. The van der Waals surface area contributed by atoms with E-state index in [4.69, 9.17) is 16.1 Å². The van der Waals surface area contributed by atoms with E-state index in [0.717, 1.165) is 12.1 Å². The summed E-state index contributed by atoms with van der Waals surface area (Å²) < 4.78 is 31.9. The summed E-state index contributed by atoms with van der Waals surface area (Å²) in [7, 11) is 1.50. The second kappa shape index (κ2) is 7.03.